The van der Waals surface area contributed by atoms with E-state index in [0.717, 1.165) is 96.3 Å². The number of rotatable bonds is 38. The fourth-order valence-electron chi connectivity index (χ4n) is 5.31. The first kappa shape index (κ1) is 51.5. The molecule has 0 saturated heterocycles. The van der Waals surface area contributed by atoms with Crippen molar-refractivity contribution in [2.45, 2.75) is 161 Å². The molecule has 308 valence electrons. The Morgan fingerprint density at radius 3 is 1.15 bits per heavy atom. The number of ether oxygens (including phenoxy) is 2. The van der Waals surface area contributed by atoms with Gasteiger partial charge in [-0.15, -0.1) is 0 Å². The van der Waals surface area contributed by atoms with Crippen LogP contribution in [0.25, 0.3) is 0 Å². The minimum atomic E-state index is -0.582. The van der Waals surface area contributed by atoms with Gasteiger partial charge in [0.25, 0.3) is 0 Å². The van der Waals surface area contributed by atoms with Gasteiger partial charge in [0.1, 0.15) is 6.10 Å². The molecule has 0 fully saturated rings. The molecule has 0 heterocycles. The average molecular weight is 757 g/mol. The van der Waals surface area contributed by atoms with Gasteiger partial charge in [-0.2, -0.15) is 0 Å². The second kappa shape index (κ2) is 46.7. The van der Waals surface area contributed by atoms with Crippen LogP contribution in [0.3, 0.4) is 0 Å². The summed E-state index contributed by atoms with van der Waals surface area (Å²) in [6, 6.07) is 0. The maximum absolute atomic E-state index is 12.2. The van der Waals surface area contributed by atoms with E-state index in [4.69, 9.17) is 9.47 Å². The third-order valence-corrected chi connectivity index (χ3v) is 8.47. The van der Waals surface area contributed by atoms with E-state index in [1.165, 1.54) is 38.5 Å². The highest BCUT2D eigenvalue weighted by Crippen LogP contribution is 2.10. The van der Waals surface area contributed by atoms with Gasteiger partial charge >= 0.3 is 5.97 Å². The number of carbonyl (C=O) groups excluding carboxylic acids is 1. The van der Waals surface area contributed by atoms with Gasteiger partial charge in [0.2, 0.25) is 0 Å². The summed E-state index contributed by atoms with van der Waals surface area (Å²) in [5.74, 6) is -0.269. The second-order valence-corrected chi connectivity index (χ2v) is 13.6. The van der Waals surface area contributed by atoms with E-state index in [2.05, 4.69) is 148 Å². The Labute approximate surface area is 339 Å². The molecule has 0 aromatic carbocycles. The van der Waals surface area contributed by atoms with E-state index < -0.39 is 6.10 Å². The molecule has 0 bridgehead atoms. The fourth-order valence-corrected chi connectivity index (χ4v) is 5.31. The van der Waals surface area contributed by atoms with Crippen molar-refractivity contribution >= 4 is 5.97 Å². The van der Waals surface area contributed by atoms with Crippen LogP contribution in [0.1, 0.15) is 155 Å². The highest BCUT2D eigenvalue weighted by molar-refractivity contribution is 5.69. The zero-order valence-electron chi connectivity index (χ0n) is 35.1. The number of hydrogen-bond acceptors (Lipinski definition) is 4. The van der Waals surface area contributed by atoms with Crippen LogP contribution in [0.2, 0.25) is 0 Å². The van der Waals surface area contributed by atoms with Gasteiger partial charge in [-0.1, -0.05) is 180 Å². The molecule has 0 saturated carbocycles. The van der Waals surface area contributed by atoms with E-state index in [9.17, 15) is 9.90 Å². The lowest BCUT2D eigenvalue weighted by molar-refractivity contribution is -0.154. The van der Waals surface area contributed by atoms with Gasteiger partial charge < -0.3 is 14.6 Å². The van der Waals surface area contributed by atoms with E-state index in [1.54, 1.807) is 0 Å². The summed E-state index contributed by atoms with van der Waals surface area (Å²) in [5, 5.41) is 9.61. The smallest absolute Gasteiger partial charge is 0.306 e. The lowest BCUT2D eigenvalue weighted by Crippen LogP contribution is -2.27. The number of esters is 1. The Kier molecular flexibility index (Phi) is 43.7. The Morgan fingerprint density at radius 1 is 0.436 bits per heavy atom. The van der Waals surface area contributed by atoms with Gasteiger partial charge in [0.05, 0.1) is 13.2 Å². The van der Waals surface area contributed by atoms with Crippen LogP contribution >= 0.6 is 0 Å². The van der Waals surface area contributed by atoms with E-state index in [0.29, 0.717) is 13.0 Å². The van der Waals surface area contributed by atoms with Crippen LogP contribution in [0.15, 0.2) is 134 Å². The first-order chi connectivity index (χ1) is 27.2. The first-order valence-electron chi connectivity index (χ1n) is 21.8. The molecule has 4 nitrogen and oxygen atoms in total. The zero-order valence-corrected chi connectivity index (χ0v) is 35.1. The Bertz CT molecular complexity index is 1160. The lowest BCUT2D eigenvalue weighted by Gasteiger charge is -2.15. The summed E-state index contributed by atoms with van der Waals surface area (Å²) in [7, 11) is 0. The Balaban J connectivity index is 3.64. The standard InChI is InChI=1S/C51H80O4/c1-3-5-7-9-11-13-15-17-19-21-23-25-26-27-28-30-32-34-36-38-40-42-44-46-51(53)55-50(48-52)49-54-47-45-43-41-39-37-35-33-31-29-24-22-20-18-16-14-12-10-8-6-4-2/h5-8,11-14,17-20,23-25,27-29,32,34,38,40,50,52H,3-4,9-10,15-16,21-22,26,30-31,33,35-37,39,41-49H2,1-2H3/b7-5-,8-6-,13-11-,14-12-,19-17-,20-18-,25-23-,28-27-,29-24-,34-32-,40-38-. The largest absolute Gasteiger partial charge is 0.457 e. The fraction of sp³-hybridized carbons (Fsp3) is 0.549. The van der Waals surface area contributed by atoms with E-state index >= 15 is 0 Å². The molecule has 0 aromatic rings. The van der Waals surface area contributed by atoms with Crippen molar-refractivity contribution in [3.05, 3.63) is 134 Å². The quantitative estimate of drug-likeness (QED) is 0.0387. The Morgan fingerprint density at radius 2 is 0.764 bits per heavy atom. The average Bonchev–Trinajstić information content (AvgIpc) is 3.19. The van der Waals surface area contributed by atoms with Crippen LogP contribution in [-0.4, -0.2) is 37.0 Å². The predicted molar refractivity (Wildman–Crippen MR) is 241 cm³/mol. The molecule has 0 radical (unpaired) electrons. The van der Waals surface area contributed by atoms with Crippen molar-refractivity contribution < 1.29 is 19.4 Å². The molecule has 0 aliphatic rings. The van der Waals surface area contributed by atoms with Crippen LogP contribution < -0.4 is 0 Å². The van der Waals surface area contributed by atoms with Crippen molar-refractivity contribution in [1.82, 2.24) is 0 Å². The summed E-state index contributed by atoms with van der Waals surface area (Å²) in [4.78, 5) is 12.2. The third kappa shape index (κ3) is 44.8. The maximum Gasteiger partial charge on any atom is 0.306 e. The number of hydrogen-bond donors (Lipinski definition) is 1. The van der Waals surface area contributed by atoms with Crippen molar-refractivity contribution in [2.75, 3.05) is 19.8 Å². The highest BCUT2D eigenvalue weighted by Gasteiger charge is 2.13. The molecule has 0 aliphatic heterocycles. The molecule has 4 heteroatoms. The maximum atomic E-state index is 12.2. The van der Waals surface area contributed by atoms with Crippen LogP contribution in [0.5, 0.6) is 0 Å². The summed E-state index contributed by atoms with van der Waals surface area (Å²) in [6.07, 6.45) is 70.8. The molecule has 1 N–H and O–H groups in total. The van der Waals surface area contributed by atoms with E-state index in [1.807, 2.05) is 0 Å². The highest BCUT2D eigenvalue weighted by atomic mass is 16.6. The second-order valence-electron chi connectivity index (χ2n) is 13.6. The molecular formula is C51H80O4. The zero-order chi connectivity index (χ0) is 39.8. The van der Waals surface area contributed by atoms with Crippen molar-refractivity contribution in [3.8, 4) is 0 Å². The molecule has 1 unspecified atom stereocenters. The molecule has 0 amide bonds. The van der Waals surface area contributed by atoms with Crippen molar-refractivity contribution in [2.24, 2.45) is 0 Å². The van der Waals surface area contributed by atoms with Gasteiger partial charge in [-0.3, -0.25) is 4.79 Å². The summed E-state index contributed by atoms with van der Waals surface area (Å²) >= 11 is 0. The van der Waals surface area contributed by atoms with Crippen LogP contribution in [0.4, 0.5) is 0 Å². The van der Waals surface area contributed by atoms with Gasteiger partial charge in [0.15, 0.2) is 0 Å². The molecule has 0 rings (SSSR count). The molecule has 55 heavy (non-hydrogen) atoms. The monoisotopic (exact) mass is 757 g/mol. The minimum absolute atomic E-state index is 0.210. The van der Waals surface area contributed by atoms with Crippen LogP contribution in [0, 0.1) is 0 Å². The summed E-state index contributed by atoms with van der Waals surface area (Å²) < 4.78 is 11.1. The minimum Gasteiger partial charge on any atom is -0.457 e. The number of allylic oxidation sites excluding steroid dienone is 22. The summed E-state index contributed by atoms with van der Waals surface area (Å²) in [6.45, 7) is 5.00. The first-order valence-corrected chi connectivity index (χ1v) is 21.8. The lowest BCUT2D eigenvalue weighted by atomic mass is 10.1. The van der Waals surface area contributed by atoms with Gasteiger partial charge in [-0.05, 0) is 103 Å². The van der Waals surface area contributed by atoms with Gasteiger partial charge in [0, 0.05) is 13.0 Å². The number of aliphatic hydroxyl groups excluding tert-OH is 1. The van der Waals surface area contributed by atoms with Crippen molar-refractivity contribution in [1.29, 1.82) is 0 Å². The number of carbonyl (C=O) groups is 1. The normalized spacial score (nSPS) is 13.7. The van der Waals surface area contributed by atoms with Gasteiger partial charge in [-0.25, -0.2) is 0 Å². The molecule has 1 atom stereocenters. The van der Waals surface area contributed by atoms with Crippen molar-refractivity contribution in [3.63, 3.8) is 0 Å². The SMILES string of the molecule is CC/C=C\C/C=C\C/C=C\C/C=C\C/C=C\C/C=C\C/C=C\CCCC(=O)OC(CO)COCCCCCCCCC/C=C\C/C=C\C/C=C\C/C=C\CC. The third-order valence-electron chi connectivity index (χ3n) is 8.47. The predicted octanol–water partition coefficient (Wildman–Crippen LogP) is 14.6. The topological polar surface area (TPSA) is 55.8 Å². The molecule has 0 aliphatic carbocycles. The molecule has 0 spiro atoms. The number of unbranched alkanes of at least 4 members (excludes halogenated alkanes) is 8. The summed E-state index contributed by atoms with van der Waals surface area (Å²) in [5.41, 5.74) is 0. The molecule has 0 aromatic heterocycles. The van der Waals surface area contributed by atoms with E-state index in [-0.39, 0.29) is 19.2 Å². The van der Waals surface area contributed by atoms with Crippen LogP contribution in [-0.2, 0) is 14.3 Å². The Hall–Kier alpha value is -3.47. The molecular weight excluding hydrogens is 677 g/mol. The number of aliphatic hydroxyl groups is 1.